The van der Waals surface area contributed by atoms with Crippen molar-refractivity contribution in [3.05, 3.63) is 47.5 Å². The highest BCUT2D eigenvalue weighted by Crippen LogP contribution is 2.44. The summed E-state index contributed by atoms with van der Waals surface area (Å²) in [6.07, 6.45) is -5.49. The number of amides is 1. The number of carbonyl (C=O) groups is 1. The fourth-order valence-electron chi connectivity index (χ4n) is 3.35. The molecule has 1 saturated heterocycles. The third kappa shape index (κ3) is 4.25. The summed E-state index contributed by atoms with van der Waals surface area (Å²) in [6, 6.07) is 11.2. The highest BCUT2D eigenvalue weighted by molar-refractivity contribution is 6.09. The van der Waals surface area contributed by atoms with E-state index in [9.17, 15) is 28.3 Å². The molecule has 30 heavy (non-hydrogen) atoms. The summed E-state index contributed by atoms with van der Waals surface area (Å²) < 4.78 is 42.4. The Morgan fingerprint density at radius 1 is 1.23 bits per heavy atom. The zero-order chi connectivity index (χ0) is 21.9. The molecule has 9 heteroatoms. The molecular formula is C21H20F3N3O3. The van der Waals surface area contributed by atoms with Crippen LogP contribution in [0.3, 0.4) is 0 Å². The molecule has 0 radical (unpaired) electrons. The average molecular weight is 419 g/mol. The van der Waals surface area contributed by atoms with E-state index in [1.54, 1.807) is 29.2 Å². The monoisotopic (exact) mass is 419 g/mol. The molecule has 0 aromatic heterocycles. The van der Waals surface area contributed by atoms with Gasteiger partial charge in [-0.3, -0.25) is 4.79 Å². The summed E-state index contributed by atoms with van der Waals surface area (Å²) in [5, 5.41) is 31.0. The molecule has 158 valence electrons. The van der Waals surface area contributed by atoms with Gasteiger partial charge in [-0.25, -0.2) is 0 Å². The van der Waals surface area contributed by atoms with E-state index in [1.807, 2.05) is 0 Å². The minimum Gasteiger partial charge on any atom is -0.394 e. The van der Waals surface area contributed by atoms with Gasteiger partial charge in [0.25, 0.3) is 5.91 Å². The number of aliphatic hydroxyl groups is 2. The van der Waals surface area contributed by atoms with E-state index in [4.69, 9.17) is 5.11 Å². The number of alkyl halides is 3. The molecule has 2 aromatic rings. The van der Waals surface area contributed by atoms with Crippen molar-refractivity contribution in [2.24, 2.45) is 0 Å². The van der Waals surface area contributed by atoms with Crippen LogP contribution in [0.5, 0.6) is 0 Å². The fourth-order valence-corrected chi connectivity index (χ4v) is 3.35. The first-order chi connectivity index (χ1) is 14.3. The first-order valence-electron chi connectivity index (χ1n) is 9.33. The number of carbonyl (C=O) groups excluding carboxylic acids is 1. The number of fused-ring (bicyclic) bond motifs is 1. The van der Waals surface area contributed by atoms with Gasteiger partial charge in [-0.1, -0.05) is 36.4 Å². The molecule has 0 saturated carbocycles. The quantitative estimate of drug-likeness (QED) is 0.494. The molecule has 3 rings (SSSR count). The maximum absolute atomic E-state index is 14.1. The van der Waals surface area contributed by atoms with Gasteiger partial charge in [0.05, 0.1) is 24.0 Å². The summed E-state index contributed by atoms with van der Waals surface area (Å²) in [5.41, 5.74) is -2.32. The van der Waals surface area contributed by atoms with Crippen LogP contribution in [0.15, 0.2) is 42.0 Å². The number of hydrogen-bond acceptors (Lipinski definition) is 5. The number of halogens is 3. The van der Waals surface area contributed by atoms with Gasteiger partial charge in [-0.2, -0.15) is 18.4 Å². The lowest BCUT2D eigenvalue weighted by Gasteiger charge is -2.36. The van der Waals surface area contributed by atoms with E-state index in [0.29, 0.717) is 24.2 Å². The lowest BCUT2D eigenvalue weighted by molar-refractivity contribution is -0.118. The fraction of sp³-hybridized carbons (Fsp3) is 0.333. The first-order valence-corrected chi connectivity index (χ1v) is 9.33. The molecule has 1 heterocycles. The number of benzene rings is 2. The predicted octanol–water partition coefficient (Wildman–Crippen LogP) is 2.36. The van der Waals surface area contributed by atoms with Crippen LogP contribution < -0.4 is 10.2 Å². The molecule has 2 aromatic carbocycles. The molecule has 1 amide bonds. The molecular weight excluding hydrogens is 399 g/mol. The number of nitriles is 1. The minimum absolute atomic E-state index is 0.240. The van der Waals surface area contributed by atoms with Gasteiger partial charge in [-0.05, 0) is 11.8 Å². The lowest BCUT2D eigenvalue weighted by atomic mass is 9.92. The van der Waals surface area contributed by atoms with E-state index in [-0.39, 0.29) is 5.56 Å². The van der Waals surface area contributed by atoms with Crippen molar-refractivity contribution in [3.8, 4) is 6.07 Å². The van der Waals surface area contributed by atoms with Crippen LogP contribution >= 0.6 is 0 Å². The second kappa shape index (κ2) is 8.73. The maximum atomic E-state index is 14.1. The number of nitrogens with zero attached hydrogens (tertiary/aromatic N) is 2. The predicted molar refractivity (Wildman–Crippen MR) is 105 cm³/mol. The van der Waals surface area contributed by atoms with Crippen LogP contribution in [0.4, 0.5) is 18.9 Å². The van der Waals surface area contributed by atoms with E-state index in [1.165, 1.54) is 18.2 Å². The number of anilines is 1. The van der Waals surface area contributed by atoms with Crippen molar-refractivity contribution in [2.45, 2.75) is 18.7 Å². The third-order valence-corrected chi connectivity index (χ3v) is 4.92. The van der Waals surface area contributed by atoms with Gasteiger partial charge < -0.3 is 20.4 Å². The number of allylic oxidation sites excluding steroid dienone is 1. The van der Waals surface area contributed by atoms with E-state index in [0.717, 1.165) is 11.8 Å². The third-order valence-electron chi connectivity index (χ3n) is 4.92. The van der Waals surface area contributed by atoms with Gasteiger partial charge in [0.1, 0.15) is 11.6 Å². The summed E-state index contributed by atoms with van der Waals surface area (Å²) in [4.78, 5) is 14.2. The van der Waals surface area contributed by atoms with Crippen molar-refractivity contribution < 1.29 is 28.2 Å². The van der Waals surface area contributed by atoms with Crippen LogP contribution in [0.2, 0.25) is 0 Å². The Kier molecular flexibility index (Phi) is 6.29. The van der Waals surface area contributed by atoms with Crippen molar-refractivity contribution in [2.75, 3.05) is 31.1 Å². The summed E-state index contributed by atoms with van der Waals surface area (Å²) in [7, 11) is 0. The zero-order valence-electron chi connectivity index (χ0n) is 15.9. The van der Waals surface area contributed by atoms with Crippen LogP contribution in [0.25, 0.3) is 16.3 Å². The van der Waals surface area contributed by atoms with Gasteiger partial charge in [0.2, 0.25) is 0 Å². The van der Waals surface area contributed by atoms with Crippen LogP contribution in [-0.2, 0) is 4.79 Å². The van der Waals surface area contributed by atoms with Crippen molar-refractivity contribution in [3.63, 3.8) is 0 Å². The summed E-state index contributed by atoms with van der Waals surface area (Å²) in [5.74, 6) is -1.26. The molecule has 0 spiro atoms. The van der Waals surface area contributed by atoms with Gasteiger partial charge >= 0.3 is 6.18 Å². The molecule has 1 atom stereocenters. The lowest BCUT2D eigenvalue weighted by Crippen LogP contribution is -2.38. The molecule has 3 N–H and O–H groups in total. The smallest absolute Gasteiger partial charge is 0.394 e. The number of nitrogens with one attached hydrogen (secondary N) is 1. The highest BCUT2D eigenvalue weighted by Gasteiger charge is 2.41. The Morgan fingerprint density at radius 2 is 1.93 bits per heavy atom. The van der Waals surface area contributed by atoms with Gasteiger partial charge in [-0.15, -0.1) is 0 Å². The molecule has 1 fully saturated rings. The Balaban J connectivity index is 2.21. The highest BCUT2D eigenvalue weighted by atomic mass is 19.4. The van der Waals surface area contributed by atoms with Crippen LogP contribution in [0.1, 0.15) is 12.0 Å². The molecule has 1 aliphatic rings. The van der Waals surface area contributed by atoms with E-state index >= 15 is 0 Å². The van der Waals surface area contributed by atoms with Crippen molar-refractivity contribution >= 4 is 27.9 Å². The maximum Gasteiger partial charge on any atom is 0.418 e. The Hall–Kier alpha value is -3.09. The average Bonchev–Trinajstić information content (AvgIpc) is 2.68. The van der Waals surface area contributed by atoms with Crippen molar-refractivity contribution in [1.82, 2.24) is 5.32 Å². The number of rotatable bonds is 6. The van der Waals surface area contributed by atoms with Crippen LogP contribution in [-0.4, -0.2) is 54.6 Å². The molecule has 0 aliphatic carbocycles. The minimum atomic E-state index is -4.97. The topological polar surface area (TPSA) is 96.6 Å². The Morgan fingerprint density at radius 3 is 2.50 bits per heavy atom. The summed E-state index contributed by atoms with van der Waals surface area (Å²) in [6.45, 7) is -0.0179. The molecule has 1 unspecified atom stereocenters. The molecule has 0 bridgehead atoms. The standard InChI is InChI=1S/C21H20F3N3O3/c22-21(23,24)18(17(10-25)20(30)26-11-14(29)12-28)16-7-6-13-4-1-2-5-15(13)19(16)27-8-3-9-27/h1-2,4-7,14,28-29H,3,8-9,11-12H2,(H,26,30)/b18-17-. The SMILES string of the molecule is N#C/C(C(=O)NCC(O)CO)=C(\c1ccc2ccccc2c1N1CCC1)C(F)(F)F. The van der Waals surface area contributed by atoms with Crippen LogP contribution in [0, 0.1) is 11.3 Å². The number of hydrogen-bond donors (Lipinski definition) is 3. The van der Waals surface area contributed by atoms with Gasteiger partial charge in [0, 0.05) is 30.6 Å². The van der Waals surface area contributed by atoms with E-state index < -0.39 is 42.5 Å². The number of aliphatic hydroxyl groups excluding tert-OH is 2. The second-order valence-electron chi connectivity index (χ2n) is 6.93. The molecule has 1 aliphatic heterocycles. The second-order valence-corrected chi connectivity index (χ2v) is 6.93. The zero-order valence-corrected chi connectivity index (χ0v) is 15.9. The van der Waals surface area contributed by atoms with E-state index in [2.05, 4.69) is 5.32 Å². The normalized spacial score (nSPS) is 15.8. The first kappa shape index (κ1) is 21.6. The molecule has 6 nitrogen and oxygen atoms in total. The summed E-state index contributed by atoms with van der Waals surface area (Å²) >= 11 is 0. The van der Waals surface area contributed by atoms with Crippen molar-refractivity contribution in [1.29, 1.82) is 5.26 Å². The van der Waals surface area contributed by atoms with Gasteiger partial charge in [0.15, 0.2) is 0 Å². The Labute approximate surface area is 170 Å². The Bertz CT molecular complexity index is 1020. The largest absolute Gasteiger partial charge is 0.418 e.